The molecule has 2 heterocycles. The molecule has 0 spiro atoms. The third-order valence-corrected chi connectivity index (χ3v) is 8.25. The molecule has 0 saturated heterocycles. The zero-order valence-corrected chi connectivity index (χ0v) is 23.8. The lowest BCUT2D eigenvalue weighted by molar-refractivity contribution is 0.669. The number of hydrogen-bond donors (Lipinski definition) is 0. The Bertz CT molecular complexity index is 2810. The highest BCUT2D eigenvalue weighted by Gasteiger charge is 2.19. The summed E-state index contributed by atoms with van der Waals surface area (Å²) in [7, 11) is 0. The van der Waals surface area contributed by atoms with Gasteiger partial charge in [-0.15, -0.1) is 0 Å². The van der Waals surface area contributed by atoms with Crippen LogP contribution in [0.1, 0.15) is 6.85 Å². The van der Waals surface area contributed by atoms with Crippen molar-refractivity contribution in [1.29, 1.82) is 0 Å². The summed E-state index contributed by atoms with van der Waals surface area (Å²) in [5, 5.41) is 5.87. The number of nitrogens with zero attached hydrogens (tertiary/aromatic N) is 3. The predicted molar refractivity (Wildman–Crippen MR) is 184 cm³/mol. The monoisotopic (exact) mass is 580 g/mol. The molecule has 0 unspecified atom stereocenters. The Kier molecular flexibility index (Phi) is 4.72. The van der Waals surface area contributed by atoms with Crippen molar-refractivity contribution in [1.82, 2.24) is 15.0 Å². The van der Waals surface area contributed by atoms with E-state index in [1.54, 1.807) is 0 Å². The fourth-order valence-corrected chi connectivity index (χ4v) is 6.25. The Hall–Kier alpha value is -6.13. The Balaban J connectivity index is 1.35. The summed E-state index contributed by atoms with van der Waals surface area (Å²) >= 11 is 0. The lowest BCUT2D eigenvalue weighted by Gasteiger charge is -2.14. The zero-order chi connectivity index (χ0) is 34.1. The fourth-order valence-electron chi connectivity index (χ4n) is 6.25. The summed E-state index contributed by atoms with van der Waals surface area (Å²) in [5.41, 5.74) is 4.80. The van der Waals surface area contributed by atoms with Crippen LogP contribution in [0, 0.1) is 0 Å². The van der Waals surface area contributed by atoms with Gasteiger partial charge in [-0.05, 0) is 44.8 Å². The summed E-state index contributed by atoms with van der Waals surface area (Å²) in [6, 6.07) is 37.9. The van der Waals surface area contributed by atoms with Crippen LogP contribution >= 0.6 is 0 Å². The first-order valence-corrected chi connectivity index (χ1v) is 14.6. The molecule has 0 fully saturated rings. The largest absolute Gasteiger partial charge is 0.456 e. The molecular weight excluding hydrogens is 550 g/mol. The van der Waals surface area contributed by atoms with Crippen LogP contribution in [0.5, 0.6) is 0 Å². The molecule has 0 atom stereocenters. The Labute approximate surface area is 266 Å². The molecule has 0 radical (unpaired) electrons. The summed E-state index contributed by atoms with van der Waals surface area (Å²) < 4.78 is 48.6. The summed E-state index contributed by atoms with van der Waals surface area (Å²) in [6.45, 7) is 0. The maximum absolute atomic E-state index is 8.77. The predicted octanol–water partition coefficient (Wildman–Crippen LogP) is 10.7. The van der Waals surface area contributed by atoms with Gasteiger partial charge in [0.25, 0.3) is 0 Å². The van der Waals surface area contributed by atoms with E-state index in [0.29, 0.717) is 28.1 Å². The van der Waals surface area contributed by atoms with Crippen LogP contribution in [0.25, 0.3) is 88.8 Å². The topological polar surface area (TPSA) is 51.8 Å². The molecule has 0 bridgehead atoms. The minimum Gasteiger partial charge on any atom is -0.456 e. The third kappa shape index (κ3) is 4.19. The summed E-state index contributed by atoms with van der Waals surface area (Å²) in [6.07, 6.45) is 0. The smallest absolute Gasteiger partial charge is 0.164 e. The highest BCUT2D eigenvalue weighted by molar-refractivity contribution is 6.12. The molecule has 9 aromatic rings. The van der Waals surface area contributed by atoms with Crippen LogP contribution in [0.4, 0.5) is 0 Å². The van der Waals surface area contributed by atoms with Gasteiger partial charge in [-0.2, -0.15) is 0 Å². The molecule has 0 N–H and O–H groups in total. The van der Waals surface area contributed by atoms with E-state index in [1.165, 1.54) is 0 Å². The molecule has 0 aliphatic carbocycles. The second-order valence-corrected chi connectivity index (χ2v) is 10.8. The van der Waals surface area contributed by atoms with Crippen molar-refractivity contribution < 1.29 is 11.3 Å². The van der Waals surface area contributed by atoms with Crippen LogP contribution in [0.15, 0.2) is 156 Å². The molecule has 0 aliphatic heterocycles. The van der Waals surface area contributed by atoms with E-state index in [4.69, 9.17) is 26.2 Å². The fraction of sp³-hybridized carbons (Fsp3) is 0. The molecule has 0 saturated carbocycles. The van der Waals surface area contributed by atoms with E-state index < -0.39 is 18.1 Å². The van der Waals surface area contributed by atoms with Crippen molar-refractivity contribution in [2.75, 3.05) is 0 Å². The first-order chi connectivity index (χ1) is 24.4. The molecular formula is C41H25N3O. The second kappa shape index (κ2) is 10.2. The van der Waals surface area contributed by atoms with Gasteiger partial charge in [-0.25, -0.2) is 15.0 Å². The van der Waals surface area contributed by atoms with Crippen LogP contribution in [-0.2, 0) is 0 Å². The Morgan fingerprint density at radius 2 is 0.956 bits per heavy atom. The normalized spacial score (nSPS) is 13.1. The van der Waals surface area contributed by atoms with Gasteiger partial charge in [0.15, 0.2) is 17.5 Å². The standard InChI is InChI=1S/C41H25N3O/c1-2-13-27(14-3-1)39-42-40(44-41(43-39)35-23-11-25-37-38(35)34-17-6-7-24-36(34)45-37)33-22-10-20-31-30(19-9-21-32(31)33)29-18-8-15-26-12-4-5-16-28(26)29/h1-25H/i1D,2D,3D,13D,14D. The van der Waals surface area contributed by atoms with Crippen molar-refractivity contribution >= 4 is 43.5 Å². The second-order valence-electron chi connectivity index (χ2n) is 10.8. The summed E-state index contributed by atoms with van der Waals surface area (Å²) in [5.74, 6) is 0.576. The van der Waals surface area contributed by atoms with E-state index in [1.807, 2.05) is 78.9 Å². The molecule has 7 aromatic carbocycles. The van der Waals surface area contributed by atoms with Gasteiger partial charge in [0.05, 0.1) is 6.85 Å². The highest BCUT2D eigenvalue weighted by Crippen LogP contribution is 2.39. The number of aromatic nitrogens is 3. The number of fused-ring (bicyclic) bond motifs is 5. The molecule has 4 nitrogen and oxygen atoms in total. The van der Waals surface area contributed by atoms with Crippen molar-refractivity contribution in [3.63, 3.8) is 0 Å². The Morgan fingerprint density at radius 1 is 0.422 bits per heavy atom. The summed E-state index contributed by atoms with van der Waals surface area (Å²) in [4.78, 5) is 14.7. The Morgan fingerprint density at radius 3 is 1.80 bits per heavy atom. The molecule has 0 amide bonds. The van der Waals surface area contributed by atoms with Gasteiger partial charge < -0.3 is 4.42 Å². The van der Waals surface area contributed by atoms with Crippen LogP contribution in [-0.4, -0.2) is 15.0 Å². The van der Waals surface area contributed by atoms with Gasteiger partial charge in [0.1, 0.15) is 11.2 Å². The molecule has 210 valence electrons. The lowest BCUT2D eigenvalue weighted by Crippen LogP contribution is -2.01. The average Bonchev–Trinajstić information content (AvgIpc) is 3.55. The van der Waals surface area contributed by atoms with Gasteiger partial charge in [0.2, 0.25) is 0 Å². The number of benzene rings is 7. The highest BCUT2D eigenvalue weighted by atomic mass is 16.3. The first-order valence-electron chi connectivity index (χ1n) is 17.1. The van der Waals surface area contributed by atoms with E-state index in [9.17, 15) is 0 Å². The van der Waals surface area contributed by atoms with E-state index in [2.05, 4.69) is 42.5 Å². The average molecular weight is 581 g/mol. The quantitative estimate of drug-likeness (QED) is 0.208. The van der Waals surface area contributed by atoms with E-state index >= 15 is 0 Å². The molecule has 45 heavy (non-hydrogen) atoms. The van der Waals surface area contributed by atoms with Gasteiger partial charge in [-0.3, -0.25) is 0 Å². The molecule has 4 heteroatoms. The minimum atomic E-state index is -0.483. The zero-order valence-electron chi connectivity index (χ0n) is 28.8. The first kappa shape index (κ1) is 20.7. The maximum atomic E-state index is 8.77. The van der Waals surface area contributed by atoms with Crippen LogP contribution in [0.2, 0.25) is 0 Å². The number of para-hydroxylation sites is 1. The number of hydrogen-bond acceptors (Lipinski definition) is 4. The van der Waals surface area contributed by atoms with E-state index in [-0.39, 0.29) is 29.3 Å². The number of rotatable bonds is 4. The maximum Gasteiger partial charge on any atom is 0.164 e. The van der Waals surface area contributed by atoms with Gasteiger partial charge in [-0.1, -0.05) is 139 Å². The number of furan rings is 1. The van der Waals surface area contributed by atoms with Gasteiger partial charge >= 0.3 is 0 Å². The molecule has 0 aliphatic rings. The minimum absolute atomic E-state index is 0.0194. The van der Waals surface area contributed by atoms with Crippen molar-refractivity contribution in [3.05, 3.63) is 152 Å². The van der Waals surface area contributed by atoms with Gasteiger partial charge in [0, 0.05) is 27.5 Å². The third-order valence-electron chi connectivity index (χ3n) is 8.25. The van der Waals surface area contributed by atoms with Crippen LogP contribution < -0.4 is 0 Å². The molecule has 2 aromatic heterocycles. The SMILES string of the molecule is [2H]c1c([2H])c([2H])c(-c2nc(-c3cccc4c(-c5cccc6ccccc56)cccc34)nc(-c3cccc4oc5ccccc5c34)n2)c([2H])c1[2H]. The van der Waals surface area contributed by atoms with Crippen molar-refractivity contribution in [2.45, 2.75) is 0 Å². The van der Waals surface area contributed by atoms with E-state index in [0.717, 1.165) is 43.4 Å². The van der Waals surface area contributed by atoms with Crippen LogP contribution in [0.3, 0.4) is 0 Å². The van der Waals surface area contributed by atoms with Crippen molar-refractivity contribution in [3.8, 4) is 45.3 Å². The van der Waals surface area contributed by atoms with Crippen molar-refractivity contribution in [2.24, 2.45) is 0 Å². The lowest BCUT2D eigenvalue weighted by atomic mass is 9.92. The molecule has 9 rings (SSSR count).